The molecule has 1 N–H and O–H groups in total. The Morgan fingerprint density at radius 2 is 1.90 bits per heavy atom. The summed E-state index contributed by atoms with van der Waals surface area (Å²) in [6.07, 6.45) is 4.43. The predicted molar refractivity (Wildman–Crippen MR) is 109 cm³/mol. The molecule has 0 unspecified atom stereocenters. The van der Waals surface area contributed by atoms with Crippen LogP contribution in [0.25, 0.3) is 5.69 Å². The van der Waals surface area contributed by atoms with Gasteiger partial charge in [-0.2, -0.15) is 5.10 Å². The van der Waals surface area contributed by atoms with Crippen molar-refractivity contribution in [3.05, 3.63) is 71.5 Å². The van der Waals surface area contributed by atoms with Gasteiger partial charge in [-0.25, -0.2) is 9.48 Å². The van der Waals surface area contributed by atoms with E-state index in [0.717, 1.165) is 29.0 Å². The summed E-state index contributed by atoms with van der Waals surface area (Å²) in [5, 5.41) is 7.27. The zero-order chi connectivity index (χ0) is 20.2. The molecule has 0 aliphatic carbocycles. The molecular formula is C22H24N4O3. The molecule has 1 aromatic heterocycles. The van der Waals surface area contributed by atoms with E-state index in [4.69, 9.17) is 9.47 Å². The topological polar surface area (TPSA) is 68.6 Å². The molecule has 2 heterocycles. The molecule has 0 atom stereocenters. The zero-order valence-electron chi connectivity index (χ0n) is 16.6. The van der Waals surface area contributed by atoms with Crippen LogP contribution in [0, 0.1) is 0 Å². The standard InChI is InChI=1S/C22H24N4O3/c1-28-20-12-17-7-10-25(15-18(17)13-21(20)29-2)22(27)23-14-16-5-3-6-19(11-16)26-9-4-8-24-26/h3-6,8-9,11-13H,7,10,14-15H2,1-2H3,(H,23,27). The van der Waals surface area contributed by atoms with Crippen molar-refractivity contribution in [2.45, 2.75) is 19.5 Å². The Kier molecular flexibility index (Phi) is 5.37. The van der Waals surface area contributed by atoms with Crippen LogP contribution in [-0.4, -0.2) is 41.5 Å². The lowest BCUT2D eigenvalue weighted by atomic mass is 9.99. The van der Waals surface area contributed by atoms with E-state index in [9.17, 15) is 4.79 Å². The summed E-state index contributed by atoms with van der Waals surface area (Å²) in [7, 11) is 3.25. The van der Waals surface area contributed by atoms with E-state index in [1.807, 2.05) is 53.6 Å². The van der Waals surface area contributed by atoms with Gasteiger partial charge >= 0.3 is 6.03 Å². The highest BCUT2D eigenvalue weighted by atomic mass is 16.5. The van der Waals surface area contributed by atoms with Crippen molar-refractivity contribution in [2.75, 3.05) is 20.8 Å². The van der Waals surface area contributed by atoms with Crippen LogP contribution in [0.1, 0.15) is 16.7 Å². The molecule has 0 saturated carbocycles. The molecule has 4 rings (SSSR count). The van der Waals surface area contributed by atoms with Gasteiger partial charge in [-0.05, 0) is 53.4 Å². The second kappa shape index (κ2) is 8.26. The summed E-state index contributed by atoms with van der Waals surface area (Å²) in [4.78, 5) is 14.5. The van der Waals surface area contributed by atoms with Gasteiger partial charge in [-0.1, -0.05) is 12.1 Å². The maximum absolute atomic E-state index is 12.7. The highest BCUT2D eigenvalue weighted by Gasteiger charge is 2.22. The maximum atomic E-state index is 12.7. The minimum absolute atomic E-state index is 0.0741. The lowest BCUT2D eigenvalue weighted by molar-refractivity contribution is 0.191. The first-order valence-electron chi connectivity index (χ1n) is 9.53. The molecule has 0 spiro atoms. The Morgan fingerprint density at radius 3 is 2.62 bits per heavy atom. The van der Waals surface area contributed by atoms with E-state index in [1.165, 1.54) is 5.56 Å². The van der Waals surface area contributed by atoms with Crippen molar-refractivity contribution in [1.82, 2.24) is 20.0 Å². The van der Waals surface area contributed by atoms with Gasteiger partial charge in [0.05, 0.1) is 19.9 Å². The SMILES string of the molecule is COc1cc2c(cc1OC)CN(C(=O)NCc1cccc(-n3cccn3)c1)CC2. The Labute approximate surface area is 169 Å². The Morgan fingerprint density at radius 1 is 1.10 bits per heavy atom. The molecule has 0 bridgehead atoms. The number of carbonyl (C=O) groups excluding carboxylic acids is 1. The van der Waals surface area contributed by atoms with Crippen LogP contribution in [0.5, 0.6) is 11.5 Å². The van der Waals surface area contributed by atoms with Crippen molar-refractivity contribution in [1.29, 1.82) is 0 Å². The zero-order valence-corrected chi connectivity index (χ0v) is 16.6. The lowest BCUT2D eigenvalue weighted by Gasteiger charge is -2.29. The van der Waals surface area contributed by atoms with Gasteiger partial charge in [-0.3, -0.25) is 0 Å². The van der Waals surface area contributed by atoms with Crippen molar-refractivity contribution in [3.8, 4) is 17.2 Å². The van der Waals surface area contributed by atoms with Gasteiger partial charge in [0.15, 0.2) is 11.5 Å². The van der Waals surface area contributed by atoms with Crippen LogP contribution < -0.4 is 14.8 Å². The van der Waals surface area contributed by atoms with E-state index in [-0.39, 0.29) is 6.03 Å². The van der Waals surface area contributed by atoms with E-state index in [2.05, 4.69) is 10.4 Å². The molecule has 7 nitrogen and oxygen atoms in total. The number of nitrogens with zero attached hydrogens (tertiary/aromatic N) is 3. The largest absolute Gasteiger partial charge is 0.493 e. The van der Waals surface area contributed by atoms with Crippen molar-refractivity contribution >= 4 is 6.03 Å². The van der Waals surface area contributed by atoms with Crippen LogP contribution in [0.4, 0.5) is 4.79 Å². The Bertz CT molecular complexity index is 1000. The first-order valence-corrected chi connectivity index (χ1v) is 9.53. The third-order valence-corrected chi connectivity index (χ3v) is 5.13. The average Bonchev–Trinajstić information content (AvgIpc) is 3.31. The number of urea groups is 1. The first kappa shape index (κ1) is 18.9. The number of hydrogen-bond donors (Lipinski definition) is 1. The Hall–Kier alpha value is -3.48. The van der Waals surface area contributed by atoms with Crippen LogP contribution in [-0.2, 0) is 19.5 Å². The number of ether oxygens (including phenoxy) is 2. The molecule has 0 saturated heterocycles. The summed E-state index contributed by atoms with van der Waals surface area (Å²) in [5.41, 5.74) is 4.27. The molecular weight excluding hydrogens is 368 g/mol. The second-order valence-electron chi connectivity index (χ2n) is 6.93. The third-order valence-electron chi connectivity index (χ3n) is 5.13. The molecule has 0 fully saturated rings. The molecule has 0 radical (unpaired) electrons. The third kappa shape index (κ3) is 4.03. The minimum Gasteiger partial charge on any atom is -0.493 e. The number of nitrogens with one attached hydrogen (secondary N) is 1. The van der Waals surface area contributed by atoms with E-state index in [0.29, 0.717) is 25.4 Å². The van der Waals surface area contributed by atoms with Gasteiger partial charge in [0.25, 0.3) is 0 Å². The molecule has 150 valence electrons. The van der Waals surface area contributed by atoms with Crippen LogP contribution >= 0.6 is 0 Å². The quantitative estimate of drug-likeness (QED) is 0.724. The highest BCUT2D eigenvalue weighted by Crippen LogP contribution is 2.33. The van der Waals surface area contributed by atoms with Gasteiger partial charge in [0.2, 0.25) is 0 Å². The highest BCUT2D eigenvalue weighted by molar-refractivity contribution is 5.74. The predicted octanol–water partition coefficient (Wildman–Crippen LogP) is 3.16. The number of amides is 2. The van der Waals surface area contributed by atoms with Crippen LogP contribution in [0.3, 0.4) is 0 Å². The molecule has 2 aromatic carbocycles. The lowest BCUT2D eigenvalue weighted by Crippen LogP contribution is -2.42. The fraction of sp³-hybridized carbons (Fsp3) is 0.273. The smallest absolute Gasteiger partial charge is 0.317 e. The number of rotatable bonds is 5. The molecule has 3 aromatic rings. The van der Waals surface area contributed by atoms with Gasteiger partial charge in [0.1, 0.15) is 0 Å². The molecule has 29 heavy (non-hydrogen) atoms. The summed E-state index contributed by atoms with van der Waals surface area (Å²) in [6.45, 7) is 1.68. The van der Waals surface area contributed by atoms with Gasteiger partial charge in [-0.15, -0.1) is 0 Å². The molecule has 1 aliphatic heterocycles. The van der Waals surface area contributed by atoms with E-state index >= 15 is 0 Å². The Balaban J connectivity index is 1.41. The molecule has 1 aliphatic rings. The summed E-state index contributed by atoms with van der Waals surface area (Å²) in [5.74, 6) is 1.41. The monoisotopic (exact) mass is 392 g/mol. The minimum atomic E-state index is -0.0741. The number of benzene rings is 2. The normalized spacial score (nSPS) is 13.0. The number of hydrogen-bond acceptors (Lipinski definition) is 4. The fourth-order valence-electron chi connectivity index (χ4n) is 3.58. The molecule has 7 heteroatoms. The summed E-state index contributed by atoms with van der Waals surface area (Å²) < 4.78 is 12.6. The van der Waals surface area contributed by atoms with E-state index in [1.54, 1.807) is 25.1 Å². The maximum Gasteiger partial charge on any atom is 0.317 e. The number of fused-ring (bicyclic) bond motifs is 1. The summed E-state index contributed by atoms with van der Waals surface area (Å²) in [6, 6.07) is 13.7. The first-order chi connectivity index (χ1) is 14.2. The summed E-state index contributed by atoms with van der Waals surface area (Å²) >= 11 is 0. The van der Waals surface area contributed by atoms with E-state index < -0.39 is 0 Å². The average molecular weight is 392 g/mol. The number of methoxy groups -OCH3 is 2. The van der Waals surface area contributed by atoms with Crippen molar-refractivity contribution < 1.29 is 14.3 Å². The fourth-order valence-corrected chi connectivity index (χ4v) is 3.58. The second-order valence-corrected chi connectivity index (χ2v) is 6.93. The van der Waals surface area contributed by atoms with Gasteiger partial charge in [0, 0.05) is 32.0 Å². The van der Waals surface area contributed by atoms with Crippen molar-refractivity contribution in [2.24, 2.45) is 0 Å². The molecule has 2 amide bonds. The number of aromatic nitrogens is 2. The number of carbonyl (C=O) groups is 1. The van der Waals surface area contributed by atoms with Crippen LogP contribution in [0.15, 0.2) is 54.9 Å². The van der Waals surface area contributed by atoms with Gasteiger partial charge < -0.3 is 19.7 Å². The van der Waals surface area contributed by atoms with Crippen molar-refractivity contribution in [3.63, 3.8) is 0 Å². The van der Waals surface area contributed by atoms with Crippen LogP contribution in [0.2, 0.25) is 0 Å².